The van der Waals surface area contributed by atoms with E-state index >= 15 is 0 Å². The molecule has 1 aliphatic heterocycles. The number of methoxy groups -OCH3 is 1. The molecule has 1 heterocycles. The van der Waals surface area contributed by atoms with Crippen LogP contribution in [-0.2, 0) is 10.3 Å². The molecule has 0 amide bonds. The predicted molar refractivity (Wildman–Crippen MR) is 89.7 cm³/mol. The number of ether oxygens (including phenoxy) is 2. The average Bonchev–Trinajstić information content (AvgIpc) is 3.31. The topological polar surface area (TPSA) is 79.3 Å². The lowest BCUT2D eigenvalue weighted by atomic mass is 9.66. The molecule has 2 aromatic rings. The molecule has 3 aliphatic rings. The van der Waals surface area contributed by atoms with Crippen LogP contribution in [0.25, 0.3) is 6.08 Å². The molecule has 0 spiro atoms. The van der Waals surface area contributed by atoms with Gasteiger partial charge in [-0.25, -0.2) is 0 Å². The number of rotatable bonds is 1. The summed E-state index contributed by atoms with van der Waals surface area (Å²) in [5, 5.41) is 21.6. The Bertz CT molecular complexity index is 992. The zero-order valence-corrected chi connectivity index (χ0v) is 13.7. The molecule has 5 heteroatoms. The molecule has 0 saturated carbocycles. The summed E-state index contributed by atoms with van der Waals surface area (Å²) in [4.78, 5) is 13.4. The Labute approximate surface area is 144 Å². The lowest BCUT2D eigenvalue weighted by molar-refractivity contribution is 0.0823. The van der Waals surface area contributed by atoms with Crippen molar-refractivity contribution < 1.29 is 24.5 Å². The first-order valence-corrected chi connectivity index (χ1v) is 8.09. The SMILES string of the molecule is COc1cccc2c1C(O)C13C=Cc4cc(C)cc(O)c4C1(O3)C2=O. The quantitative estimate of drug-likeness (QED) is 0.783. The van der Waals surface area contributed by atoms with Gasteiger partial charge < -0.3 is 19.7 Å². The largest absolute Gasteiger partial charge is 0.508 e. The zero-order chi connectivity index (χ0) is 17.6. The van der Waals surface area contributed by atoms with Gasteiger partial charge in [0.15, 0.2) is 11.2 Å². The third-order valence-corrected chi connectivity index (χ3v) is 5.52. The van der Waals surface area contributed by atoms with E-state index in [4.69, 9.17) is 9.47 Å². The van der Waals surface area contributed by atoms with Crippen LogP contribution in [0.3, 0.4) is 0 Å². The average molecular weight is 336 g/mol. The Hall–Kier alpha value is -2.63. The maximum atomic E-state index is 13.4. The van der Waals surface area contributed by atoms with Crippen LogP contribution in [0.5, 0.6) is 11.5 Å². The van der Waals surface area contributed by atoms with Crippen molar-refractivity contribution in [1.82, 2.24) is 0 Å². The lowest BCUT2D eigenvalue weighted by Crippen LogP contribution is -2.42. The van der Waals surface area contributed by atoms with Crippen molar-refractivity contribution in [1.29, 1.82) is 0 Å². The van der Waals surface area contributed by atoms with Crippen molar-refractivity contribution in [2.24, 2.45) is 0 Å². The number of aliphatic hydroxyl groups is 1. The molecule has 0 bridgehead atoms. The smallest absolute Gasteiger partial charge is 0.203 e. The molecule has 3 atom stereocenters. The number of aryl methyl sites for hydroxylation is 1. The second-order valence-corrected chi connectivity index (χ2v) is 6.81. The molecular weight excluding hydrogens is 320 g/mol. The van der Waals surface area contributed by atoms with Gasteiger partial charge in [-0.3, -0.25) is 4.79 Å². The summed E-state index contributed by atoms with van der Waals surface area (Å²) in [6.45, 7) is 1.87. The number of ketones is 1. The van der Waals surface area contributed by atoms with Crippen LogP contribution in [0, 0.1) is 6.92 Å². The molecule has 5 nitrogen and oxygen atoms in total. The number of benzene rings is 2. The first-order valence-electron chi connectivity index (χ1n) is 8.09. The van der Waals surface area contributed by atoms with Crippen LogP contribution < -0.4 is 4.74 Å². The molecule has 126 valence electrons. The van der Waals surface area contributed by atoms with Gasteiger partial charge in [-0.1, -0.05) is 24.3 Å². The molecule has 2 N–H and O–H groups in total. The normalized spacial score (nSPS) is 30.8. The van der Waals surface area contributed by atoms with E-state index in [1.54, 1.807) is 36.4 Å². The Morgan fingerprint density at radius 2 is 2.08 bits per heavy atom. The van der Waals surface area contributed by atoms with Crippen LogP contribution in [0.2, 0.25) is 0 Å². The highest BCUT2D eigenvalue weighted by atomic mass is 16.6. The fraction of sp³-hybridized carbons (Fsp3) is 0.250. The van der Waals surface area contributed by atoms with Crippen molar-refractivity contribution in [2.45, 2.75) is 24.2 Å². The van der Waals surface area contributed by atoms with Crippen LogP contribution in [-0.4, -0.2) is 28.7 Å². The number of hydrogen-bond acceptors (Lipinski definition) is 5. The third-order valence-electron chi connectivity index (χ3n) is 5.52. The number of aliphatic hydroxyl groups excluding tert-OH is 1. The number of Topliss-reactive ketones (excluding diaryl/α,β-unsaturated/α-hetero) is 1. The second kappa shape index (κ2) is 4.31. The van der Waals surface area contributed by atoms with Gasteiger partial charge in [-0.15, -0.1) is 0 Å². The minimum absolute atomic E-state index is 0.00752. The Balaban J connectivity index is 1.83. The predicted octanol–water partition coefficient (Wildman–Crippen LogP) is 2.63. The van der Waals surface area contributed by atoms with Crippen molar-refractivity contribution in [3.05, 3.63) is 64.2 Å². The minimum Gasteiger partial charge on any atom is -0.508 e. The molecule has 5 rings (SSSR count). The van der Waals surface area contributed by atoms with Gasteiger partial charge in [0.1, 0.15) is 17.6 Å². The summed E-state index contributed by atoms with van der Waals surface area (Å²) in [5.41, 5.74) is 0.259. The molecular formula is C20H16O5. The Morgan fingerprint density at radius 3 is 2.84 bits per heavy atom. The maximum Gasteiger partial charge on any atom is 0.203 e. The summed E-state index contributed by atoms with van der Waals surface area (Å²) in [6.07, 6.45) is 2.46. The van der Waals surface area contributed by atoms with Crippen LogP contribution in [0.1, 0.15) is 38.7 Å². The first-order chi connectivity index (χ1) is 12.0. The number of epoxide rings is 1. The maximum absolute atomic E-state index is 13.4. The molecule has 2 aromatic carbocycles. The van der Waals surface area contributed by atoms with E-state index < -0.39 is 17.3 Å². The van der Waals surface area contributed by atoms with E-state index in [0.29, 0.717) is 22.4 Å². The number of phenolic OH excluding ortho intramolecular Hbond substituents is 1. The number of aromatic hydroxyl groups is 1. The second-order valence-electron chi connectivity index (χ2n) is 6.81. The monoisotopic (exact) mass is 336 g/mol. The highest BCUT2D eigenvalue weighted by molar-refractivity contribution is 6.11. The number of phenols is 1. The highest BCUT2D eigenvalue weighted by Crippen LogP contribution is 2.71. The van der Waals surface area contributed by atoms with E-state index in [9.17, 15) is 15.0 Å². The Morgan fingerprint density at radius 1 is 1.28 bits per heavy atom. The van der Waals surface area contributed by atoms with Gasteiger partial charge in [-0.2, -0.15) is 0 Å². The number of carbonyl (C=O) groups is 1. The molecule has 0 radical (unpaired) electrons. The zero-order valence-electron chi connectivity index (χ0n) is 13.7. The molecule has 25 heavy (non-hydrogen) atoms. The summed E-state index contributed by atoms with van der Waals surface area (Å²) < 4.78 is 11.3. The number of fused-ring (bicyclic) bond motifs is 2. The number of carbonyl (C=O) groups excluding carboxylic acids is 1. The fourth-order valence-electron chi connectivity index (χ4n) is 4.43. The van der Waals surface area contributed by atoms with Gasteiger partial charge in [-0.05, 0) is 36.3 Å². The van der Waals surface area contributed by atoms with Crippen molar-refractivity contribution >= 4 is 11.9 Å². The van der Waals surface area contributed by atoms with E-state index in [2.05, 4.69) is 0 Å². The van der Waals surface area contributed by atoms with E-state index in [-0.39, 0.29) is 11.5 Å². The van der Waals surface area contributed by atoms with Gasteiger partial charge in [0.25, 0.3) is 0 Å². The molecule has 1 fully saturated rings. The van der Waals surface area contributed by atoms with Gasteiger partial charge in [0.2, 0.25) is 5.78 Å². The summed E-state index contributed by atoms with van der Waals surface area (Å²) in [6, 6.07) is 8.59. The van der Waals surface area contributed by atoms with Crippen LogP contribution in [0.4, 0.5) is 0 Å². The van der Waals surface area contributed by atoms with E-state index in [1.165, 1.54) is 7.11 Å². The van der Waals surface area contributed by atoms with Crippen molar-refractivity contribution in [2.75, 3.05) is 7.11 Å². The Kier molecular flexibility index (Phi) is 2.53. The molecule has 1 saturated heterocycles. The minimum atomic E-state index is -1.38. The van der Waals surface area contributed by atoms with Crippen LogP contribution >= 0.6 is 0 Å². The standard InChI is InChI=1S/C20H16O5/c1-10-8-11-6-7-19-18(23)15-12(4-3-5-14(15)24-2)17(22)20(19,25-19)16(11)13(21)9-10/h3-9,18,21,23H,1-2H3. The van der Waals surface area contributed by atoms with Gasteiger partial charge >= 0.3 is 0 Å². The summed E-state index contributed by atoms with van der Waals surface area (Å²) >= 11 is 0. The molecule has 3 unspecified atom stereocenters. The van der Waals surface area contributed by atoms with E-state index in [1.807, 2.05) is 13.0 Å². The summed E-state index contributed by atoms with van der Waals surface area (Å²) in [5.74, 6) is 0.189. The van der Waals surface area contributed by atoms with E-state index in [0.717, 1.165) is 11.1 Å². The van der Waals surface area contributed by atoms with Crippen molar-refractivity contribution in [3.63, 3.8) is 0 Å². The lowest BCUT2D eigenvalue weighted by Gasteiger charge is -2.33. The first kappa shape index (κ1) is 14.7. The highest BCUT2D eigenvalue weighted by Gasteiger charge is 2.82. The third kappa shape index (κ3) is 1.45. The number of hydrogen-bond donors (Lipinski definition) is 2. The van der Waals surface area contributed by atoms with Crippen molar-refractivity contribution in [3.8, 4) is 11.5 Å². The van der Waals surface area contributed by atoms with Crippen LogP contribution in [0.15, 0.2) is 36.4 Å². The summed E-state index contributed by atoms with van der Waals surface area (Å²) in [7, 11) is 1.50. The molecule has 2 aliphatic carbocycles. The molecule has 0 aromatic heterocycles. The van der Waals surface area contributed by atoms with Gasteiger partial charge in [0, 0.05) is 16.7 Å². The van der Waals surface area contributed by atoms with Gasteiger partial charge in [0.05, 0.1) is 7.11 Å². The fourth-order valence-corrected chi connectivity index (χ4v) is 4.43.